The fraction of sp³-hybridized carbons (Fsp3) is 0.0238. The molecule has 8 heteroatoms. The summed E-state index contributed by atoms with van der Waals surface area (Å²) >= 11 is 3.10. The summed E-state index contributed by atoms with van der Waals surface area (Å²) in [4.78, 5) is 45.1. The number of benzene rings is 6. The van der Waals surface area contributed by atoms with Gasteiger partial charge in [-0.25, -0.2) is 0 Å². The number of hydrogen-bond donors (Lipinski definition) is 2. The van der Waals surface area contributed by atoms with Crippen molar-refractivity contribution in [3.8, 4) is 11.1 Å². The summed E-state index contributed by atoms with van der Waals surface area (Å²) in [6.45, 7) is 0. The van der Waals surface area contributed by atoms with Crippen molar-refractivity contribution in [1.29, 1.82) is 0 Å². The second kappa shape index (κ2) is 15.2. The maximum atomic E-state index is 13.6. The lowest BCUT2D eigenvalue weighted by molar-refractivity contribution is -0.115. The van der Waals surface area contributed by atoms with Gasteiger partial charge in [0.1, 0.15) is 5.70 Å². The Morgan fingerprint density at radius 2 is 1.18 bits per heavy atom. The van der Waals surface area contributed by atoms with Crippen LogP contribution in [-0.2, 0) is 9.59 Å². The van der Waals surface area contributed by atoms with Gasteiger partial charge in [-0.1, -0.05) is 109 Å². The quantitative estimate of drug-likeness (QED) is 0.117. The van der Waals surface area contributed by atoms with Crippen LogP contribution in [0.5, 0.6) is 0 Å². The van der Waals surface area contributed by atoms with Crippen molar-refractivity contribution < 1.29 is 14.4 Å². The fourth-order valence-corrected chi connectivity index (χ4v) is 7.33. The Kier molecular flexibility index (Phi) is 9.91. The molecule has 0 bridgehead atoms. The number of nitrogens with zero attached hydrogens (tertiary/aromatic N) is 1. The van der Waals surface area contributed by atoms with E-state index in [1.165, 1.54) is 11.8 Å². The van der Waals surface area contributed by atoms with Crippen LogP contribution in [-0.4, -0.2) is 23.5 Å². The van der Waals surface area contributed by atoms with E-state index in [0.29, 0.717) is 11.3 Å². The Labute approximate surface area is 299 Å². The molecular formula is C42H31N3O3S2. The number of carbonyl (C=O) groups is 3. The summed E-state index contributed by atoms with van der Waals surface area (Å²) in [7, 11) is 0. The molecule has 0 fully saturated rings. The normalized spacial score (nSPS) is 12.0. The van der Waals surface area contributed by atoms with Crippen molar-refractivity contribution >= 4 is 64.4 Å². The van der Waals surface area contributed by atoms with Gasteiger partial charge in [-0.3, -0.25) is 19.3 Å². The molecule has 0 saturated heterocycles. The minimum absolute atomic E-state index is 0.0201. The molecule has 0 unspecified atom stereocenters. The van der Waals surface area contributed by atoms with E-state index in [0.717, 1.165) is 42.8 Å². The molecule has 0 atom stereocenters. The van der Waals surface area contributed by atoms with Gasteiger partial charge in [0.15, 0.2) is 0 Å². The zero-order chi connectivity index (χ0) is 34.3. The molecule has 3 amide bonds. The average molecular weight is 690 g/mol. The number of para-hydroxylation sites is 2. The number of fused-ring (bicyclic) bond motifs is 2. The third-order valence-corrected chi connectivity index (χ3v) is 10.1. The maximum Gasteiger partial charge on any atom is 0.272 e. The lowest BCUT2D eigenvalue weighted by Gasteiger charge is -2.31. The van der Waals surface area contributed by atoms with E-state index in [1.807, 2.05) is 121 Å². The first kappa shape index (κ1) is 32.7. The number of carbonyl (C=O) groups excluding carboxylic acids is 3. The molecule has 1 heterocycles. The van der Waals surface area contributed by atoms with E-state index in [4.69, 9.17) is 0 Å². The van der Waals surface area contributed by atoms with Crippen LogP contribution < -0.4 is 15.5 Å². The van der Waals surface area contributed by atoms with Crippen LogP contribution >= 0.6 is 23.5 Å². The molecule has 0 radical (unpaired) electrons. The van der Waals surface area contributed by atoms with Gasteiger partial charge in [0.25, 0.3) is 11.8 Å². The van der Waals surface area contributed by atoms with Crippen LogP contribution in [0.25, 0.3) is 17.2 Å². The first-order valence-corrected chi connectivity index (χ1v) is 17.8. The van der Waals surface area contributed by atoms with Crippen LogP contribution in [0, 0.1) is 0 Å². The third kappa shape index (κ3) is 7.57. The molecule has 50 heavy (non-hydrogen) atoms. The number of thioether (sulfide) groups is 1. The number of rotatable bonds is 9. The van der Waals surface area contributed by atoms with Crippen molar-refractivity contribution in [1.82, 2.24) is 5.32 Å². The molecular weight excluding hydrogens is 659 g/mol. The summed E-state index contributed by atoms with van der Waals surface area (Å²) in [5.41, 5.74) is 5.77. The van der Waals surface area contributed by atoms with E-state index in [-0.39, 0.29) is 23.3 Å². The lowest BCUT2D eigenvalue weighted by Crippen LogP contribution is -2.30. The van der Waals surface area contributed by atoms with Crippen molar-refractivity contribution in [2.45, 2.75) is 14.7 Å². The van der Waals surface area contributed by atoms with Gasteiger partial charge in [-0.05, 0) is 83.4 Å². The monoisotopic (exact) mass is 689 g/mol. The minimum atomic E-state index is -0.461. The second-order valence-electron chi connectivity index (χ2n) is 11.4. The smallest absolute Gasteiger partial charge is 0.272 e. The average Bonchev–Trinajstić information content (AvgIpc) is 3.17. The summed E-state index contributed by atoms with van der Waals surface area (Å²) in [6, 6.07) is 49.8. The van der Waals surface area contributed by atoms with E-state index in [9.17, 15) is 14.4 Å². The third-order valence-electron chi connectivity index (χ3n) is 8.01. The molecule has 244 valence electrons. The van der Waals surface area contributed by atoms with Crippen molar-refractivity contribution in [3.05, 3.63) is 175 Å². The van der Waals surface area contributed by atoms with Gasteiger partial charge >= 0.3 is 0 Å². The fourth-order valence-electron chi connectivity index (χ4n) is 5.53. The Hall–Kier alpha value is -5.83. The summed E-state index contributed by atoms with van der Waals surface area (Å²) < 4.78 is 0. The Balaban J connectivity index is 1.05. The Bertz CT molecular complexity index is 2140. The van der Waals surface area contributed by atoms with E-state index >= 15 is 0 Å². The summed E-state index contributed by atoms with van der Waals surface area (Å²) in [6.07, 6.45) is 1.66. The predicted octanol–water partition coefficient (Wildman–Crippen LogP) is 9.68. The van der Waals surface area contributed by atoms with E-state index in [1.54, 1.807) is 59.1 Å². The molecule has 0 spiro atoms. The van der Waals surface area contributed by atoms with Crippen LogP contribution in [0.1, 0.15) is 15.9 Å². The van der Waals surface area contributed by atoms with Crippen LogP contribution in [0.3, 0.4) is 0 Å². The molecule has 6 aromatic rings. The summed E-state index contributed by atoms with van der Waals surface area (Å²) in [5, 5.41) is 5.71. The van der Waals surface area contributed by atoms with E-state index < -0.39 is 5.91 Å². The van der Waals surface area contributed by atoms with Gasteiger partial charge in [0.05, 0.1) is 17.1 Å². The number of anilines is 3. The van der Waals surface area contributed by atoms with Gasteiger partial charge in [0.2, 0.25) is 5.91 Å². The van der Waals surface area contributed by atoms with Crippen LogP contribution in [0.4, 0.5) is 17.1 Å². The van der Waals surface area contributed by atoms with Crippen molar-refractivity contribution in [2.75, 3.05) is 16.0 Å². The predicted molar refractivity (Wildman–Crippen MR) is 204 cm³/mol. The molecule has 6 aromatic carbocycles. The first-order valence-electron chi connectivity index (χ1n) is 16.0. The Morgan fingerprint density at radius 1 is 0.620 bits per heavy atom. The maximum absolute atomic E-state index is 13.6. The zero-order valence-electron chi connectivity index (χ0n) is 26.8. The van der Waals surface area contributed by atoms with Gasteiger partial charge in [-0.15, -0.1) is 11.8 Å². The van der Waals surface area contributed by atoms with Crippen molar-refractivity contribution in [3.63, 3.8) is 0 Å². The first-order chi connectivity index (χ1) is 24.5. The topological polar surface area (TPSA) is 78.5 Å². The molecule has 0 saturated carbocycles. The van der Waals surface area contributed by atoms with Gasteiger partial charge in [0, 0.05) is 25.9 Å². The Morgan fingerprint density at radius 3 is 1.82 bits per heavy atom. The van der Waals surface area contributed by atoms with Crippen LogP contribution in [0.2, 0.25) is 0 Å². The molecule has 0 aliphatic carbocycles. The molecule has 1 aliphatic rings. The van der Waals surface area contributed by atoms with E-state index in [2.05, 4.69) is 10.6 Å². The highest BCUT2D eigenvalue weighted by atomic mass is 32.2. The second-order valence-corrected chi connectivity index (χ2v) is 13.5. The van der Waals surface area contributed by atoms with Gasteiger partial charge in [-0.2, -0.15) is 0 Å². The molecule has 6 nitrogen and oxygen atoms in total. The molecule has 0 aromatic heterocycles. The zero-order valence-corrected chi connectivity index (χ0v) is 28.4. The largest absolute Gasteiger partial charge is 0.321 e. The number of hydrogen-bond acceptors (Lipinski definition) is 5. The number of amides is 3. The highest BCUT2D eigenvalue weighted by molar-refractivity contribution is 8.00. The van der Waals surface area contributed by atoms with Crippen LogP contribution in [0.15, 0.2) is 178 Å². The molecule has 1 aliphatic heterocycles. The summed E-state index contributed by atoms with van der Waals surface area (Å²) in [5.74, 6) is -0.631. The molecule has 7 rings (SSSR count). The van der Waals surface area contributed by atoms with Crippen molar-refractivity contribution in [2.24, 2.45) is 0 Å². The van der Waals surface area contributed by atoms with Gasteiger partial charge < -0.3 is 10.6 Å². The number of nitrogens with one attached hydrogen (secondary N) is 2. The SMILES string of the molecule is O=C(Nc1ccc(SCC(=O)N2c3ccccc3Sc3ccccc32)cc1)/C(=C/c1ccc(-c2ccccc2)cc1)NC(=O)c1ccccc1. The highest BCUT2D eigenvalue weighted by Crippen LogP contribution is 2.48. The minimum Gasteiger partial charge on any atom is -0.321 e. The lowest BCUT2D eigenvalue weighted by atomic mass is 10.0. The highest BCUT2D eigenvalue weighted by Gasteiger charge is 2.27. The molecule has 2 N–H and O–H groups in total. The standard InChI is InChI=1S/C42H31N3O3S2/c46-40(45-36-15-7-9-17-38(36)50-39-18-10-8-16-37(39)45)28-49-34-25-23-33(24-26-34)43-42(48)35(44-41(47)32-13-5-2-6-14-32)27-29-19-21-31(22-20-29)30-11-3-1-4-12-30/h1-27H,28H2,(H,43,48)(H,44,47)/b35-27-.